The molecule has 2 aromatic heterocycles. The van der Waals surface area contributed by atoms with Crippen molar-refractivity contribution in [3.63, 3.8) is 0 Å². The van der Waals surface area contributed by atoms with Gasteiger partial charge in [0.1, 0.15) is 0 Å². The number of benzene rings is 2. The first kappa shape index (κ1) is 19.2. The molecule has 0 saturated heterocycles. The molecule has 2 heterocycles. The van der Waals surface area contributed by atoms with Crippen LogP contribution in [0.25, 0.3) is 4.96 Å². The molecule has 6 heteroatoms. The van der Waals surface area contributed by atoms with Crippen molar-refractivity contribution < 1.29 is 0 Å². The monoisotopic (exact) mass is 403 g/mol. The minimum Gasteiger partial charge on any atom is -0.356 e. The van der Waals surface area contributed by atoms with Crippen LogP contribution >= 0.6 is 11.3 Å². The van der Waals surface area contributed by atoms with Gasteiger partial charge in [0.25, 0.3) is 0 Å². The number of rotatable bonds is 7. The third-order valence-electron chi connectivity index (χ3n) is 4.93. The minimum absolute atomic E-state index is 0.350. The molecule has 0 bridgehead atoms. The number of nitrogens with zero attached hydrogens (tertiary/aromatic N) is 3. The highest BCUT2D eigenvalue weighted by Crippen LogP contribution is 2.27. The van der Waals surface area contributed by atoms with E-state index in [1.54, 1.807) is 18.4 Å². The number of nitrogens with one attached hydrogen (secondary N) is 2. The van der Waals surface area contributed by atoms with Crippen LogP contribution in [0.15, 0.2) is 83.4 Å². The summed E-state index contributed by atoms with van der Waals surface area (Å²) in [4.78, 5) is 9.96. The van der Waals surface area contributed by atoms with Crippen molar-refractivity contribution in [3.8, 4) is 0 Å². The number of aliphatic imine (C=N–C) groups is 1. The van der Waals surface area contributed by atoms with E-state index in [-0.39, 0.29) is 0 Å². The molecule has 2 aromatic carbocycles. The fraction of sp³-hybridized carbons (Fsp3) is 0.217. The Kier molecular flexibility index (Phi) is 6.22. The Morgan fingerprint density at radius 1 is 1.03 bits per heavy atom. The van der Waals surface area contributed by atoms with Crippen LogP contribution in [0.1, 0.15) is 29.2 Å². The molecule has 0 atom stereocenters. The molecule has 4 rings (SSSR count). The topological polar surface area (TPSA) is 53.7 Å². The molecule has 2 N–H and O–H groups in total. The van der Waals surface area contributed by atoms with Crippen molar-refractivity contribution in [2.45, 2.75) is 18.9 Å². The number of aromatic nitrogens is 2. The molecule has 29 heavy (non-hydrogen) atoms. The van der Waals surface area contributed by atoms with Gasteiger partial charge in [-0.1, -0.05) is 60.7 Å². The quantitative estimate of drug-likeness (QED) is 0.358. The summed E-state index contributed by atoms with van der Waals surface area (Å²) in [5.41, 5.74) is 3.68. The number of hydrogen-bond donors (Lipinski definition) is 2. The summed E-state index contributed by atoms with van der Waals surface area (Å²) in [5, 5.41) is 8.84. The van der Waals surface area contributed by atoms with E-state index in [1.807, 2.05) is 22.2 Å². The molecule has 148 valence electrons. The molecule has 0 amide bonds. The van der Waals surface area contributed by atoms with Crippen LogP contribution in [0.4, 0.5) is 0 Å². The number of guanidine groups is 1. The number of hydrogen-bond acceptors (Lipinski definition) is 3. The summed E-state index contributed by atoms with van der Waals surface area (Å²) in [6.07, 6.45) is 5.05. The van der Waals surface area contributed by atoms with Gasteiger partial charge in [0.15, 0.2) is 10.9 Å². The molecule has 0 spiro atoms. The Labute approximate surface area is 175 Å². The largest absolute Gasteiger partial charge is 0.356 e. The molecular weight excluding hydrogens is 378 g/mol. The van der Waals surface area contributed by atoms with Crippen molar-refractivity contribution in [2.75, 3.05) is 13.6 Å². The number of thiazole rings is 1. The maximum Gasteiger partial charge on any atom is 0.193 e. The summed E-state index contributed by atoms with van der Waals surface area (Å²) in [6, 6.07) is 21.4. The lowest BCUT2D eigenvalue weighted by Gasteiger charge is -2.19. The lowest BCUT2D eigenvalue weighted by Crippen LogP contribution is -2.37. The van der Waals surface area contributed by atoms with Crippen LogP contribution in [0.3, 0.4) is 0 Å². The first-order chi connectivity index (χ1) is 14.3. The lowest BCUT2D eigenvalue weighted by molar-refractivity contribution is 0.677. The zero-order chi connectivity index (χ0) is 19.9. The maximum absolute atomic E-state index is 4.60. The number of imidazole rings is 1. The van der Waals surface area contributed by atoms with Gasteiger partial charge >= 0.3 is 0 Å². The lowest BCUT2D eigenvalue weighted by atomic mass is 9.88. The molecule has 0 saturated carbocycles. The average molecular weight is 404 g/mol. The summed E-state index contributed by atoms with van der Waals surface area (Å²) in [6.45, 7) is 1.47. The molecule has 5 nitrogen and oxygen atoms in total. The Bertz CT molecular complexity index is 985. The van der Waals surface area contributed by atoms with Gasteiger partial charge in [-0.2, -0.15) is 0 Å². The molecule has 0 aliphatic heterocycles. The molecule has 0 fully saturated rings. The van der Waals surface area contributed by atoms with E-state index >= 15 is 0 Å². The molecule has 0 aliphatic carbocycles. The zero-order valence-electron chi connectivity index (χ0n) is 16.5. The molecule has 0 radical (unpaired) electrons. The predicted molar refractivity (Wildman–Crippen MR) is 121 cm³/mol. The van der Waals surface area contributed by atoms with Crippen LogP contribution in [0, 0.1) is 0 Å². The SMILES string of the molecule is CN=C(NCCC(c1ccccc1)c1ccccc1)NCc1cn2ccsc2n1. The fourth-order valence-electron chi connectivity index (χ4n) is 3.49. The summed E-state index contributed by atoms with van der Waals surface area (Å²) < 4.78 is 2.04. The van der Waals surface area contributed by atoms with Gasteiger partial charge in [-0.25, -0.2) is 4.98 Å². The second-order valence-corrected chi connectivity index (χ2v) is 7.71. The van der Waals surface area contributed by atoms with E-state index in [0.29, 0.717) is 12.5 Å². The zero-order valence-corrected chi connectivity index (χ0v) is 17.3. The van der Waals surface area contributed by atoms with Crippen molar-refractivity contribution >= 4 is 22.3 Å². The van der Waals surface area contributed by atoms with E-state index in [1.165, 1.54) is 11.1 Å². The smallest absolute Gasteiger partial charge is 0.193 e. The molecule has 0 aliphatic rings. The summed E-state index contributed by atoms with van der Waals surface area (Å²) in [5.74, 6) is 1.14. The van der Waals surface area contributed by atoms with Gasteiger partial charge in [0, 0.05) is 37.3 Å². The highest BCUT2D eigenvalue weighted by Gasteiger charge is 2.14. The highest BCUT2D eigenvalue weighted by atomic mass is 32.1. The first-order valence-electron chi connectivity index (χ1n) is 9.79. The van der Waals surface area contributed by atoms with Gasteiger partial charge < -0.3 is 10.6 Å². The summed E-state index contributed by atoms with van der Waals surface area (Å²) >= 11 is 1.64. The van der Waals surface area contributed by atoms with Gasteiger partial charge in [-0.3, -0.25) is 9.39 Å². The van der Waals surface area contributed by atoms with Gasteiger partial charge in [0.2, 0.25) is 0 Å². The van der Waals surface area contributed by atoms with Crippen LogP contribution < -0.4 is 10.6 Å². The van der Waals surface area contributed by atoms with Gasteiger partial charge in [0.05, 0.1) is 12.2 Å². The third kappa shape index (κ3) is 4.84. The molecule has 4 aromatic rings. The Morgan fingerprint density at radius 2 is 1.72 bits per heavy atom. The number of fused-ring (bicyclic) bond motifs is 1. The second-order valence-electron chi connectivity index (χ2n) is 6.84. The highest BCUT2D eigenvalue weighted by molar-refractivity contribution is 7.15. The Morgan fingerprint density at radius 3 is 2.34 bits per heavy atom. The molecule has 0 unspecified atom stereocenters. The van der Waals surface area contributed by atoms with Crippen LogP contribution in [0.5, 0.6) is 0 Å². The fourth-order valence-corrected chi connectivity index (χ4v) is 4.21. The van der Waals surface area contributed by atoms with Gasteiger partial charge in [-0.05, 0) is 17.5 Å². The minimum atomic E-state index is 0.350. The van der Waals surface area contributed by atoms with Crippen LogP contribution in [-0.2, 0) is 6.54 Å². The normalized spacial score (nSPS) is 11.9. The van der Waals surface area contributed by atoms with E-state index in [0.717, 1.165) is 29.6 Å². The van der Waals surface area contributed by atoms with E-state index < -0.39 is 0 Å². The van der Waals surface area contributed by atoms with E-state index in [2.05, 4.69) is 81.3 Å². The predicted octanol–water partition coefficient (Wildman–Crippen LogP) is 4.28. The standard InChI is InChI=1S/C23H25N5S/c1-24-22(26-16-20-17-28-14-15-29-23(28)27-20)25-13-12-21(18-8-4-2-5-9-18)19-10-6-3-7-11-19/h2-11,14-15,17,21H,12-13,16H2,1H3,(H2,24,25,26). The van der Waals surface area contributed by atoms with Crippen molar-refractivity contribution in [1.29, 1.82) is 0 Å². The van der Waals surface area contributed by atoms with Crippen LogP contribution in [0.2, 0.25) is 0 Å². The van der Waals surface area contributed by atoms with Crippen LogP contribution in [-0.4, -0.2) is 28.9 Å². The van der Waals surface area contributed by atoms with E-state index in [9.17, 15) is 0 Å². The molecular formula is C23H25N5S. The van der Waals surface area contributed by atoms with E-state index in [4.69, 9.17) is 0 Å². The third-order valence-corrected chi connectivity index (χ3v) is 5.70. The van der Waals surface area contributed by atoms with Crippen molar-refractivity contribution in [2.24, 2.45) is 4.99 Å². The maximum atomic E-state index is 4.60. The average Bonchev–Trinajstić information content (AvgIpc) is 3.36. The second kappa shape index (κ2) is 9.39. The van der Waals surface area contributed by atoms with Crippen molar-refractivity contribution in [3.05, 3.63) is 95.3 Å². The Balaban J connectivity index is 1.35. The van der Waals surface area contributed by atoms with Crippen molar-refractivity contribution in [1.82, 2.24) is 20.0 Å². The van der Waals surface area contributed by atoms with Gasteiger partial charge in [-0.15, -0.1) is 11.3 Å². The Hall–Kier alpha value is -3.12. The summed E-state index contributed by atoms with van der Waals surface area (Å²) in [7, 11) is 1.80. The first-order valence-corrected chi connectivity index (χ1v) is 10.7.